The third-order valence-electron chi connectivity index (χ3n) is 2.23. The van der Waals surface area contributed by atoms with Crippen molar-refractivity contribution in [1.29, 1.82) is 0 Å². The molecule has 1 aromatic rings. The Labute approximate surface area is 83.7 Å². The maximum Gasteiger partial charge on any atom is 0.192 e. The number of hydrogen-bond donors (Lipinski definition) is 0. The molecule has 0 spiro atoms. The fourth-order valence-corrected chi connectivity index (χ4v) is 1.20. The van der Waals surface area contributed by atoms with Gasteiger partial charge in [0.05, 0.1) is 0 Å². The molecule has 0 radical (unpaired) electrons. The molecule has 1 saturated carbocycles. The number of aldehydes is 1. The Morgan fingerprint density at radius 2 is 1.73 bits per heavy atom. The predicted octanol–water partition coefficient (Wildman–Crippen LogP) is 2.21. The zero-order chi connectivity index (χ0) is 11.1. The van der Waals surface area contributed by atoms with Gasteiger partial charge in [-0.2, -0.15) is 0 Å². The minimum atomic E-state index is -1.14. The van der Waals surface area contributed by atoms with Gasteiger partial charge in [0.1, 0.15) is 5.82 Å². The third kappa shape index (κ3) is 1.82. The molecule has 1 aliphatic rings. The van der Waals surface area contributed by atoms with Crippen LogP contribution in [-0.2, 0) is 4.79 Å². The summed E-state index contributed by atoms with van der Waals surface area (Å²) in [5.74, 6) is -3.99. The van der Waals surface area contributed by atoms with Crippen LogP contribution < -0.4 is 4.74 Å². The lowest BCUT2D eigenvalue weighted by Crippen LogP contribution is -2.20. The molecule has 2 nitrogen and oxygen atoms in total. The minimum Gasteiger partial charge on any atom is -0.474 e. The maximum atomic E-state index is 13.1. The maximum absolute atomic E-state index is 13.1. The summed E-state index contributed by atoms with van der Waals surface area (Å²) in [5.41, 5.74) is -1.11. The molecule has 0 bridgehead atoms. The first-order valence-corrected chi connectivity index (χ1v) is 4.36. The average molecular weight is 216 g/mol. The molecule has 0 atom stereocenters. The van der Waals surface area contributed by atoms with Crippen LogP contribution in [0.25, 0.3) is 0 Å². The number of ether oxygens (including phenoxy) is 1. The topological polar surface area (TPSA) is 26.3 Å². The molecular weight excluding hydrogens is 209 g/mol. The highest BCUT2D eigenvalue weighted by Crippen LogP contribution is 2.40. The van der Waals surface area contributed by atoms with Crippen LogP contribution in [-0.4, -0.2) is 11.9 Å². The Hall–Kier alpha value is -1.52. The van der Waals surface area contributed by atoms with Crippen molar-refractivity contribution < 1.29 is 22.7 Å². The van der Waals surface area contributed by atoms with E-state index in [1.807, 2.05) is 0 Å². The second kappa shape index (κ2) is 3.25. The first kappa shape index (κ1) is 10.0. The standard InChI is InChI=1S/C10H7F3O2/c11-6-3-7(12)9(8(13)4-6)15-10(5-14)1-2-10/h3-5H,1-2H2. The van der Waals surface area contributed by atoms with Crippen LogP contribution in [0.5, 0.6) is 5.75 Å². The van der Waals surface area contributed by atoms with Gasteiger partial charge in [0.2, 0.25) is 0 Å². The van der Waals surface area contributed by atoms with E-state index in [0.717, 1.165) is 0 Å². The molecule has 15 heavy (non-hydrogen) atoms. The molecule has 1 aliphatic carbocycles. The summed E-state index contributed by atoms with van der Waals surface area (Å²) >= 11 is 0. The number of carbonyl (C=O) groups excluding carboxylic acids is 1. The molecule has 0 amide bonds. The van der Waals surface area contributed by atoms with Crippen molar-refractivity contribution in [3.8, 4) is 5.75 Å². The van der Waals surface area contributed by atoms with Gasteiger partial charge in [0.15, 0.2) is 29.3 Å². The molecule has 0 aliphatic heterocycles. The molecule has 80 valence electrons. The van der Waals surface area contributed by atoms with Crippen molar-refractivity contribution in [1.82, 2.24) is 0 Å². The molecule has 0 N–H and O–H groups in total. The Bertz CT molecular complexity index is 390. The van der Waals surface area contributed by atoms with Crippen molar-refractivity contribution in [2.45, 2.75) is 18.4 Å². The summed E-state index contributed by atoms with van der Waals surface area (Å²) in [7, 11) is 0. The molecule has 0 saturated heterocycles. The molecule has 0 aromatic heterocycles. The first-order chi connectivity index (χ1) is 7.06. The monoisotopic (exact) mass is 216 g/mol. The summed E-state index contributed by atoms with van der Waals surface area (Å²) in [4.78, 5) is 10.5. The van der Waals surface area contributed by atoms with Gasteiger partial charge in [-0.05, 0) is 12.8 Å². The second-order valence-corrected chi connectivity index (χ2v) is 3.48. The van der Waals surface area contributed by atoms with E-state index in [-0.39, 0.29) is 0 Å². The molecule has 5 heteroatoms. The van der Waals surface area contributed by atoms with E-state index in [2.05, 4.69) is 0 Å². The largest absolute Gasteiger partial charge is 0.474 e. The molecule has 0 heterocycles. The zero-order valence-corrected chi connectivity index (χ0v) is 7.60. The van der Waals surface area contributed by atoms with Crippen molar-refractivity contribution in [3.05, 3.63) is 29.6 Å². The van der Waals surface area contributed by atoms with Crippen LogP contribution in [0.15, 0.2) is 12.1 Å². The quantitative estimate of drug-likeness (QED) is 0.724. The Kier molecular flexibility index (Phi) is 2.17. The predicted molar refractivity (Wildman–Crippen MR) is 45.0 cm³/mol. The van der Waals surface area contributed by atoms with Gasteiger partial charge < -0.3 is 4.74 Å². The number of hydrogen-bond acceptors (Lipinski definition) is 2. The number of halogens is 3. The highest BCUT2D eigenvalue weighted by Gasteiger charge is 2.46. The smallest absolute Gasteiger partial charge is 0.192 e. The van der Waals surface area contributed by atoms with E-state index in [0.29, 0.717) is 31.3 Å². The molecule has 2 rings (SSSR count). The van der Waals surface area contributed by atoms with Gasteiger partial charge >= 0.3 is 0 Å². The van der Waals surface area contributed by atoms with E-state index in [1.165, 1.54) is 0 Å². The lowest BCUT2D eigenvalue weighted by molar-refractivity contribution is -0.115. The van der Waals surface area contributed by atoms with Gasteiger partial charge in [-0.1, -0.05) is 0 Å². The second-order valence-electron chi connectivity index (χ2n) is 3.48. The summed E-state index contributed by atoms with van der Waals surface area (Å²) in [6.07, 6.45) is 1.36. The summed E-state index contributed by atoms with van der Waals surface area (Å²) in [6.45, 7) is 0. The van der Waals surface area contributed by atoms with Gasteiger partial charge in [0, 0.05) is 12.1 Å². The van der Waals surface area contributed by atoms with Crippen LogP contribution in [0, 0.1) is 17.5 Å². The van der Waals surface area contributed by atoms with E-state index in [1.54, 1.807) is 0 Å². The lowest BCUT2D eigenvalue weighted by atomic mass is 10.3. The van der Waals surface area contributed by atoms with Crippen LogP contribution >= 0.6 is 0 Å². The molecule has 1 fully saturated rings. The molecule has 1 aromatic carbocycles. The van der Waals surface area contributed by atoms with E-state index < -0.39 is 28.8 Å². The normalized spacial score (nSPS) is 17.3. The molecule has 0 unspecified atom stereocenters. The van der Waals surface area contributed by atoms with Crippen LogP contribution in [0.2, 0.25) is 0 Å². The number of rotatable bonds is 3. The summed E-state index contributed by atoms with van der Waals surface area (Å²) < 4.78 is 43.6. The lowest BCUT2D eigenvalue weighted by Gasteiger charge is -2.12. The zero-order valence-electron chi connectivity index (χ0n) is 7.60. The van der Waals surface area contributed by atoms with Crippen LogP contribution in [0.3, 0.4) is 0 Å². The van der Waals surface area contributed by atoms with Gasteiger partial charge in [-0.3, -0.25) is 4.79 Å². The summed E-state index contributed by atoms with van der Waals surface area (Å²) in [6, 6.07) is 1.03. The van der Waals surface area contributed by atoms with E-state index in [9.17, 15) is 18.0 Å². The van der Waals surface area contributed by atoms with Crippen molar-refractivity contribution in [3.63, 3.8) is 0 Å². The summed E-state index contributed by atoms with van der Waals surface area (Å²) in [5, 5.41) is 0. The highest BCUT2D eigenvalue weighted by molar-refractivity contribution is 5.67. The van der Waals surface area contributed by atoms with Gasteiger partial charge in [-0.25, -0.2) is 13.2 Å². The SMILES string of the molecule is O=CC1(Oc2c(F)cc(F)cc2F)CC1. The van der Waals surface area contributed by atoms with Crippen molar-refractivity contribution in [2.24, 2.45) is 0 Å². The Balaban J connectivity index is 2.32. The van der Waals surface area contributed by atoms with E-state index >= 15 is 0 Å². The van der Waals surface area contributed by atoms with Gasteiger partial charge in [-0.15, -0.1) is 0 Å². The molecular formula is C10H7F3O2. The number of benzene rings is 1. The number of carbonyl (C=O) groups is 1. The average Bonchev–Trinajstić information content (AvgIpc) is 2.92. The highest BCUT2D eigenvalue weighted by atomic mass is 19.1. The van der Waals surface area contributed by atoms with Crippen LogP contribution in [0.4, 0.5) is 13.2 Å². The first-order valence-electron chi connectivity index (χ1n) is 4.36. The third-order valence-corrected chi connectivity index (χ3v) is 2.23. The van der Waals surface area contributed by atoms with Crippen molar-refractivity contribution >= 4 is 6.29 Å². The van der Waals surface area contributed by atoms with Crippen LogP contribution in [0.1, 0.15) is 12.8 Å². The van der Waals surface area contributed by atoms with E-state index in [4.69, 9.17) is 4.74 Å². The fourth-order valence-electron chi connectivity index (χ4n) is 1.20. The minimum absolute atomic E-state index is 0.423. The Morgan fingerprint density at radius 1 is 1.20 bits per heavy atom. The Morgan fingerprint density at radius 3 is 2.13 bits per heavy atom. The van der Waals surface area contributed by atoms with Gasteiger partial charge in [0.25, 0.3) is 0 Å². The fraction of sp³-hybridized carbons (Fsp3) is 0.300. The van der Waals surface area contributed by atoms with Crippen molar-refractivity contribution in [2.75, 3.05) is 0 Å².